The highest BCUT2D eigenvalue weighted by Crippen LogP contribution is 2.27. The standard InChI is InChI=1S/C13H15NO3S/c1-3-8(2)7-9-11(13(15)16)14-12(17-9)10-5-4-6-18-10/h4-6,8H,3,7H2,1-2H3,(H,15,16). The van der Waals surface area contributed by atoms with E-state index < -0.39 is 5.97 Å². The summed E-state index contributed by atoms with van der Waals surface area (Å²) in [6.45, 7) is 4.14. The van der Waals surface area contributed by atoms with Crippen LogP contribution in [0.15, 0.2) is 21.9 Å². The van der Waals surface area contributed by atoms with Gasteiger partial charge in [0.1, 0.15) is 5.76 Å². The summed E-state index contributed by atoms with van der Waals surface area (Å²) in [5.74, 6) is 0.230. The minimum atomic E-state index is -1.03. The van der Waals surface area contributed by atoms with Crippen molar-refractivity contribution in [3.8, 4) is 10.8 Å². The maximum absolute atomic E-state index is 11.2. The fourth-order valence-corrected chi connectivity index (χ4v) is 2.27. The van der Waals surface area contributed by atoms with Gasteiger partial charge in [-0.15, -0.1) is 11.3 Å². The fourth-order valence-electron chi connectivity index (χ4n) is 1.62. The molecule has 0 amide bonds. The number of carboxylic acids is 1. The van der Waals surface area contributed by atoms with Crippen LogP contribution < -0.4 is 0 Å². The normalized spacial score (nSPS) is 12.6. The molecule has 0 saturated carbocycles. The number of thiophene rings is 1. The summed E-state index contributed by atoms with van der Waals surface area (Å²) in [7, 11) is 0. The Labute approximate surface area is 109 Å². The average molecular weight is 265 g/mol. The second kappa shape index (κ2) is 5.35. The minimum Gasteiger partial charge on any atom is -0.476 e. The lowest BCUT2D eigenvalue weighted by Gasteiger charge is -2.04. The van der Waals surface area contributed by atoms with Crippen molar-refractivity contribution in [3.63, 3.8) is 0 Å². The van der Waals surface area contributed by atoms with Crippen molar-refractivity contribution in [1.29, 1.82) is 0 Å². The summed E-state index contributed by atoms with van der Waals surface area (Å²) >= 11 is 1.49. The Balaban J connectivity index is 2.35. The van der Waals surface area contributed by atoms with E-state index in [0.29, 0.717) is 24.0 Å². The number of aromatic carboxylic acids is 1. The van der Waals surface area contributed by atoms with Gasteiger partial charge in [-0.1, -0.05) is 26.3 Å². The van der Waals surface area contributed by atoms with Crippen molar-refractivity contribution in [2.75, 3.05) is 0 Å². The van der Waals surface area contributed by atoms with Gasteiger partial charge in [0.2, 0.25) is 5.89 Å². The highest BCUT2D eigenvalue weighted by atomic mass is 32.1. The Kier molecular flexibility index (Phi) is 3.81. The summed E-state index contributed by atoms with van der Waals surface area (Å²) in [4.78, 5) is 16.1. The zero-order valence-corrected chi connectivity index (χ0v) is 11.2. The highest BCUT2D eigenvalue weighted by Gasteiger charge is 2.21. The second-order valence-electron chi connectivity index (χ2n) is 4.29. The molecule has 0 aromatic carbocycles. The number of oxazole rings is 1. The van der Waals surface area contributed by atoms with Crippen LogP contribution >= 0.6 is 11.3 Å². The summed E-state index contributed by atoms with van der Waals surface area (Å²) in [5.41, 5.74) is 0.0405. The van der Waals surface area contributed by atoms with E-state index in [1.54, 1.807) is 0 Å². The average Bonchev–Trinajstić information content (AvgIpc) is 2.96. The molecule has 0 fully saturated rings. The van der Waals surface area contributed by atoms with Crippen LogP contribution in [-0.2, 0) is 6.42 Å². The predicted octanol–water partition coefficient (Wildman–Crippen LogP) is 3.69. The molecule has 1 unspecified atom stereocenters. The molecule has 1 N–H and O–H groups in total. The molecule has 96 valence electrons. The number of hydrogen-bond donors (Lipinski definition) is 1. The number of rotatable bonds is 5. The van der Waals surface area contributed by atoms with E-state index in [2.05, 4.69) is 18.8 Å². The van der Waals surface area contributed by atoms with Crippen molar-refractivity contribution < 1.29 is 14.3 Å². The molecule has 0 aliphatic carbocycles. The molecule has 1 atom stereocenters. The monoisotopic (exact) mass is 265 g/mol. The van der Waals surface area contributed by atoms with Crippen LogP contribution in [0.5, 0.6) is 0 Å². The smallest absolute Gasteiger partial charge is 0.358 e. The molecular weight excluding hydrogens is 250 g/mol. The van der Waals surface area contributed by atoms with Gasteiger partial charge in [0, 0.05) is 6.42 Å². The van der Waals surface area contributed by atoms with Crippen LogP contribution in [0, 0.1) is 5.92 Å². The number of carboxylic acid groups (broad SMARTS) is 1. The minimum absolute atomic E-state index is 0.0405. The van der Waals surface area contributed by atoms with Crippen molar-refractivity contribution in [2.24, 2.45) is 5.92 Å². The first-order chi connectivity index (χ1) is 8.61. The molecule has 0 radical (unpaired) electrons. The lowest BCUT2D eigenvalue weighted by atomic mass is 10.0. The van der Waals surface area contributed by atoms with Crippen molar-refractivity contribution in [2.45, 2.75) is 26.7 Å². The third-order valence-electron chi connectivity index (χ3n) is 2.86. The van der Waals surface area contributed by atoms with Crippen LogP contribution in [-0.4, -0.2) is 16.1 Å². The number of carbonyl (C=O) groups is 1. The number of aromatic nitrogens is 1. The molecule has 0 aliphatic rings. The summed E-state index contributed by atoms with van der Waals surface area (Å²) < 4.78 is 5.61. The molecule has 0 aliphatic heterocycles. The number of nitrogens with zero attached hydrogens (tertiary/aromatic N) is 1. The van der Waals surface area contributed by atoms with E-state index in [-0.39, 0.29) is 5.69 Å². The molecule has 2 rings (SSSR count). The third kappa shape index (κ3) is 2.61. The molecule has 5 heteroatoms. The topological polar surface area (TPSA) is 63.3 Å². The van der Waals surface area contributed by atoms with Crippen LogP contribution in [0.3, 0.4) is 0 Å². The van der Waals surface area contributed by atoms with Crippen LogP contribution in [0.25, 0.3) is 10.8 Å². The van der Waals surface area contributed by atoms with Crippen molar-refractivity contribution >= 4 is 17.3 Å². The number of hydrogen-bond acceptors (Lipinski definition) is 4. The van der Waals surface area contributed by atoms with Crippen LogP contribution in [0.4, 0.5) is 0 Å². The second-order valence-corrected chi connectivity index (χ2v) is 5.24. The lowest BCUT2D eigenvalue weighted by Crippen LogP contribution is -2.05. The van der Waals surface area contributed by atoms with Gasteiger partial charge in [0.05, 0.1) is 4.88 Å². The Hall–Kier alpha value is -1.62. The van der Waals surface area contributed by atoms with Gasteiger partial charge in [-0.3, -0.25) is 0 Å². The summed E-state index contributed by atoms with van der Waals surface area (Å²) in [6, 6.07) is 3.76. The van der Waals surface area contributed by atoms with E-state index >= 15 is 0 Å². The Bertz CT molecular complexity index is 530. The van der Waals surface area contributed by atoms with Crippen molar-refractivity contribution in [1.82, 2.24) is 4.98 Å². The Morgan fingerprint density at radius 1 is 1.61 bits per heavy atom. The first kappa shape index (κ1) is 12.8. The van der Waals surface area contributed by atoms with Gasteiger partial charge in [-0.2, -0.15) is 0 Å². The largest absolute Gasteiger partial charge is 0.476 e. The SMILES string of the molecule is CCC(C)Cc1oc(-c2cccs2)nc1C(=O)O. The van der Waals surface area contributed by atoms with Gasteiger partial charge in [0.25, 0.3) is 0 Å². The molecule has 2 aromatic rings. The van der Waals surface area contributed by atoms with Gasteiger partial charge >= 0.3 is 5.97 Å². The molecule has 4 nitrogen and oxygen atoms in total. The fraction of sp³-hybridized carbons (Fsp3) is 0.385. The van der Waals surface area contributed by atoms with E-state index in [1.165, 1.54) is 11.3 Å². The van der Waals surface area contributed by atoms with Gasteiger partial charge in [-0.05, 0) is 17.4 Å². The van der Waals surface area contributed by atoms with Gasteiger partial charge in [0.15, 0.2) is 5.69 Å². The zero-order valence-electron chi connectivity index (χ0n) is 10.3. The maximum atomic E-state index is 11.2. The van der Waals surface area contributed by atoms with Crippen LogP contribution in [0.2, 0.25) is 0 Å². The molecule has 0 spiro atoms. The Morgan fingerprint density at radius 2 is 2.39 bits per heavy atom. The maximum Gasteiger partial charge on any atom is 0.358 e. The predicted molar refractivity (Wildman–Crippen MR) is 69.9 cm³/mol. The zero-order chi connectivity index (χ0) is 13.1. The third-order valence-corrected chi connectivity index (χ3v) is 3.72. The molecule has 18 heavy (non-hydrogen) atoms. The molecular formula is C13H15NO3S. The summed E-state index contributed by atoms with van der Waals surface area (Å²) in [6.07, 6.45) is 1.59. The quantitative estimate of drug-likeness (QED) is 0.895. The lowest BCUT2D eigenvalue weighted by molar-refractivity contribution is 0.0688. The first-order valence-electron chi connectivity index (χ1n) is 5.88. The van der Waals surface area contributed by atoms with E-state index in [1.807, 2.05) is 17.5 Å². The van der Waals surface area contributed by atoms with E-state index in [9.17, 15) is 4.79 Å². The molecule has 2 aromatic heterocycles. The first-order valence-corrected chi connectivity index (χ1v) is 6.76. The molecule has 0 saturated heterocycles. The highest BCUT2D eigenvalue weighted by molar-refractivity contribution is 7.13. The van der Waals surface area contributed by atoms with Crippen LogP contribution in [0.1, 0.15) is 36.5 Å². The van der Waals surface area contributed by atoms with E-state index in [4.69, 9.17) is 9.52 Å². The molecule has 0 bridgehead atoms. The van der Waals surface area contributed by atoms with Crippen molar-refractivity contribution in [3.05, 3.63) is 29.0 Å². The Morgan fingerprint density at radius 3 is 2.94 bits per heavy atom. The van der Waals surface area contributed by atoms with E-state index in [0.717, 1.165) is 11.3 Å². The van der Waals surface area contributed by atoms with Gasteiger partial charge < -0.3 is 9.52 Å². The molecule has 2 heterocycles. The van der Waals surface area contributed by atoms with Gasteiger partial charge in [-0.25, -0.2) is 9.78 Å². The summed E-state index contributed by atoms with van der Waals surface area (Å²) in [5, 5.41) is 11.1.